The lowest BCUT2D eigenvalue weighted by Gasteiger charge is -2.34. The molecule has 0 atom stereocenters. The van der Waals surface area contributed by atoms with E-state index in [0.717, 1.165) is 0 Å². The van der Waals surface area contributed by atoms with Crippen molar-refractivity contribution < 1.29 is 23.8 Å². The Labute approximate surface area is 205 Å². The number of halogens is 1. The molecule has 4 aromatic rings. The van der Waals surface area contributed by atoms with Crippen LogP contribution in [-0.2, 0) is 26.2 Å². The number of rotatable bonds is 6. The summed E-state index contributed by atoms with van der Waals surface area (Å²) in [6.07, 6.45) is 3.16. The zero-order chi connectivity index (χ0) is 24.6. The molecule has 1 saturated heterocycles. The lowest BCUT2D eigenvalue weighted by atomic mass is 10.2. The Bertz CT molecular complexity index is 1510. The summed E-state index contributed by atoms with van der Waals surface area (Å²) in [5.41, 5.74) is 1.16. The van der Waals surface area contributed by atoms with Crippen LogP contribution >= 0.6 is 11.3 Å². The lowest BCUT2D eigenvalue weighted by Crippen LogP contribution is -2.53. The Morgan fingerprint density at radius 2 is 1.94 bits per heavy atom. The largest absolute Gasteiger partial charge is 0.338 e. The molecule has 0 radical (unpaired) electrons. The summed E-state index contributed by atoms with van der Waals surface area (Å²) in [7, 11) is -3.79. The highest BCUT2D eigenvalue weighted by Gasteiger charge is 2.28. The van der Waals surface area contributed by atoms with E-state index in [0.29, 0.717) is 23.1 Å². The topological polar surface area (TPSA) is 105 Å². The van der Waals surface area contributed by atoms with Crippen molar-refractivity contribution in [3.63, 3.8) is 0 Å². The number of nitrogens with zero attached hydrogens (tertiary/aromatic N) is 4. The van der Waals surface area contributed by atoms with Gasteiger partial charge in [-0.15, -0.1) is 11.3 Å². The maximum Gasteiger partial charge on any atom is 0.263 e. The molecule has 0 bridgehead atoms. The van der Waals surface area contributed by atoms with Crippen LogP contribution in [0.15, 0.2) is 71.2 Å². The average molecular weight is 516 g/mol. The summed E-state index contributed by atoms with van der Waals surface area (Å²) in [6, 6.07) is 12.3. The van der Waals surface area contributed by atoms with E-state index in [1.807, 2.05) is 0 Å². The van der Waals surface area contributed by atoms with E-state index in [2.05, 4.69) is 9.71 Å². The fraction of sp³-hybridized carbons (Fsp3) is 0.174. The quantitative estimate of drug-likeness (QED) is 0.425. The van der Waals surface area contributed by atoms with E-state index in [-0.39, 0.29) is 48.7 Å². The van der Waals surface area contributed by atoms with Crippen molar-refractivity contribution in [3.8, 4) is 0 Å². The normalized spacial score (nSPS) is 14.5. The number of anilines is 2. The number of hydrogen-bond donors (Lipinski definition) is 1. The average Bonchev–Trinajstić information content (AvgIpc) is 3.49. The van der Waals surface area contributed by atoms with Crippen LogP contribution < -0.4 is 9.62 Å². The van der Waals surface area contributed by atoms with Crippen molar-refractivity contribution in [2.45, 2.75) is 11.4 Å². The molecule has 1 aliphatic rings. The Morgan fingerprint density at radius 1 is 1.14 bits per heavy atom. The number of carbonyl (C=O) groups is 2. The summed E-state index contributed by atoms with van der Waals surface area (Å²) < 4.78 is 43.0. The molecule has 0 unspecified atom stereocenters. The van der Waals surface area contributed by atoms with Gasteiger partial charge in [-0.05, 0) is 42.5 Å². The first-order valence-corrected chi connectivity index (χ1v) is 13.0. The van der Waals surface area contributed by atoms with Crippen LogP contribution in [0.2, 0.25) is 0 Å². The highest BCUT2D eigenvalue weighted by molar-refractivity contribution is 7.93. The minimum Gasteiger partial charge on any atom is -0.338 e. The van der Waals surface area contributed by atoms with Crippen LogP contribution in [0, 0.1) is 5.82 Å². The molecule has 1 fully saturated rings. The number of hydrogen-bond acceptors (Lipinski definition) is 6. The summed E-state index contributed by atoms with van der Waals surface area (Å²) in [6.45, 7) is 0.496. The van der Waals surface area contributed by atoms with Crippen LogP contribution in [0.1, 0.15) is 1.43 Å². The van der Waals surface area contributed by atoms with Gasteiger partial charge in [-0.2, -0.15) is 0 Å². The summed E-state index contributed by atoms with van der Waals surface area (Å²) >= 11 is 1.17. The molecule has 2 aromatic carbocycles. The minimum atomic E-state index is -3.79. The van der Waals surface area contributed by atoms with Crippen molar-refractivity contribution >= 4 is 54.9 Å². The van der Waals surface area contributed by atoms with E-state index in [1.165, 1.54) is 45.5 Å². The van der Waals surface area contributed by atoms with Gasteiger partial charge < -0.3 is 14.4 Å². The van der Waals surface area contributed by atoms with Gasteiger partial charge in [-0.3, -0.25) is 14.3 Å². The highest BCUT2D eigenvalue weighted by atomic mass is 32.2. The van der Waals surface area contributed by atoms with Gasteiger partial charge >= 0.3 is 0 Å². The Morgan fingerprint density at radius 3 is 2.66 bits per heavy atom. The zero-order valence-corrected chi connectivity index (χ0v) is 19.9. The third-order valence-electron chi connectivity index (χ3n) is 5.75. The molecule has 1 aliphatic heterocycles. The van der Waals surface area contributed by atoms with E-state index in [4.69, 9.17) is 0 Å². The van der Waals surface area contributed by atoms with E-state index in [9.17, 15) is 22.4 Å². The fourth-order valence-corrected chi connectivity index (χ4v) is 5.77. The second-order valence-corrected chi connectivity index (χ2v) is 10.5. The first kappa shape index (κ1) is 23.0. The lowest BCUT2D eigenvalue weighted by molar-refractivity contribution is -0.137. The summed E-state index contributed by atoms with van der Waals surface area (Å²) in [5, 5.41) is 2.37. The fourth-order valence-electron chi connectivity index (χ4n) is 3.98. The van der Waals surface area contributed by atoms with Crippen LogP contribution in [0.4, 0.5) is 15.2 Å². The maximum atomic E-state index is 13.9. The molecule has 12 heteroatoms. The molecule has 35 heavy (non-hydrogen) atoms. The second kappa shape index (κ2) is 9.12. The molecule has 182 valence electrons. The van der Waals surface area contributed by atoms with Gasteiger partial charge in [0.25, 0.3) is 10.0 Å². The molecule has 1 N–H and O–H groups in total. The second-order valence-electron chi connectivity index (χ2n) is 7.91. The number of amides is 2. The molecular formula is C23H22FN5O4S2. The first-order chi connectivity index (χ1) is 16.8. The standard InChI is InChI=1S/C23H20FN5O4S2.H2/c24-19-2-1-3-20-18(19)8-10-27(20)14-21(30)28-11-12-29(22(31)15-28)16-4-6-17(7-5-16)35(32,33)26-23-25-9-13-34-23;/h1-10,13H,11-12,14-15H2,(H,25,26);1H. The number of nitrogens with one attached hydrogen (secondary N) is 1. The molecule has 5 rings (SSSR count). The predicted molar refractivity (Wildman–Crippen MR) is 132 cm³/mol. The molecule has 2 aromatic heterocycles. The van der Waals surface area contributed by atoms with Crippen molar-refractivity contribution in [1.29, 1.82) is 0 Å². The van der Waals surface area contributed by atoms with Gasteiger partial charge in [0.05, 0.1) is 10.4 Å². The maximum absolute atomic E-state index is 13.9. The smallest absolute Gasteiger partial charge is 0.263 e. The van der Waals surface area contributed by atoms with Crippen LogP contribution in [0.25, 0.3) is 10.9 Å². The van der Waals surface area contributed by atoms with Gasteiger partial charge in [-0.1, -0.05) is 6.07 Å². The van der Waals surface area contributed by atoms with Gasteiger partial charge in [-0.25, -0.2) is 17.8 Å². The number of aromatic nitrogens is 2. The Hall–Kier alpha value is -3.77. The van der Waals surface area contributed by atoms with Crippen molar-refractivity contribution in [2.75, 3.05) is 29.3 Å². The summed E-state index contributed by atoms with van der Waals surface area (Å²) in [5.74, 6) is -0.866. The third kappa shape index (κ3) is 4.62. The monoisotopic (exact) mass is 515 g/mol. The minimum absolute atomic E-state index is 0. The predicted octanol–water partition coefficient (Wildman–Crippen LogP) is 3.16. The van der Waals surface area contributed by atoms with Crippen molar-refractivity contribution in [2.24, 2.45) is 0 Å². The number of benzene rings is 2. The van der Waals surface area contributed by atoms with Gasteiger partial charge in [0.1, 0.15) is 18.9 Å². The molecule has 0 spiro atoms. The number of piperazine rings is 1. The Kier molecular flexibility index (Phi) is 5.99. The van der Waals surface area contributed by atoms with Gasteiger partial charge in [0.2, 0.25) is 11.8 Å². The molecule has 3 heterocycles. The van der Waals surface area contributed by atoms with Gasteiger partial charge in [0.15, 0.2) is 5.13 Å². The first-order valence-electron chi connectivity index (χ1n) is 10.7. The van der Waals surface area contributed by atoms with E-state index < -0.39 is 10.0 Å². The molecule has 0 saturated carbocycles. The Balaban J connectivity index is 0.00000304. The third-order valence-corrected chi connectivity index (χ3v) is 7.92. The zero-order valence-electron chi connectivity index (χ0n) is 18.3. The SMILES string of the molecule is O=C(Cn1ccc2c(F)cccc21)N1CCN(c2ccc(S(=O)(=O)Nc3nccs3)cc2)C(=O)C1.[HH]. The highest BCUT2D eigenvalue weighted by Crippen LogP contribution is 2.23. The molecular weight excluding hydrogens is 493 g/mol. The molecule has 9 nitrogen and oxygen atoms in total. The number of carbonyl (C=O) groups excluding carboxylic acids is 2. The van der Waals surface area contributed by atoms with Crippen molar-refractivity contribution in [3.05, 3.63) is 72.1 Å². The van der Waals surface area contributed by atoms with E-state index >= 15 is 0 Å². The number of fused-ring (bicyclic) bond motifs is 1. The molecule has 2 amide bonds. The van der Waals surface area contributed by atoms with E-state index in [1.54, 1.807) is 46.5 Å². The van der Waals surface area contributed by atoms with Crippen molar-refractivity contribution in [1.82, 2.24) is 14.5 Å². The van der Waals surface area contributed by atoms with Crippen LogP contribution in [0.5, 0.6) is 0 Å². The van der Waals surface area contributed by atoms with Gasteiger partial charge in [0, 0.05) is 43.4 Å². The van der Waals surface area contributed by atoms with Crippen LogP contribution in [-0.4, -0.2) is 54.3 Å². The number of sulfonamides is 1. The number of thiazole rings is 1. The molecule has 0 aliphatic carbocycles. The van der Waals surface area contributed by atoms with Crippen LogP contribution in [0.3, 0.4) is 0 Å². The summed E-state index contributed by atoms with van der Waals surface area (Å²) in [4.78, 5) is 32.6.